The summed E-state index contributed by atoms with van der Waals surface area (Å²) in [6.07, 6.45) is 2.99. The van der Waals surface area contributed by atoms with Crippen LogP contribution in [0.2, 0.25) is 0 Å². The molecular weight excluding hydrogens is 382 g/mol. The molecule has 8 heteroatoms. The number of carbonyl (C=O) groups excluding carboxylic acids is 1. The molecule has 0 unspecified atom stereocenters. The van der Waals surface area contributed by atoms with Crippen molar-refractivity contribution in [3.63, 3.8) is 0 Å². The maximum Gasteiger partial charge on any atom is 0.243 e. The van der Waals surface area contributed by atoms with Crippen molar-refractivity contribution in [3.8, 4) is 11.5 Å². The van der Waals surface area contributed by atoms with Gasteiger partial charge in [-0.1, -0.05) is 12.1 Å². The molecule has 0 saturated carbocycles. The summed E-state index contributed by atoms with van der Waals surface area (Å²) >= 11 is 0. The lowest BCUT2D eigenvalue weighted by Crippen LogP contribution is -2.40. The average molecular weight is 403 g/mol. The van der Waals surface area contributed by atoms with Gasteiger partial charge in [-0.15, -0.1) is 0 Å². The number of ether oxygens (including phenoxy) is 2. The molecule has 1 aliphatic heterocycles. The number of sulfonamides is 1. The SMILES string of the molecule is COc1cc(C=CC(=O)c2ccc(S(=O)(=O)N3CCOCC3)cc2)ccc1O. The summed E-state index contributed by atoms with van der Waals surface area (Å²) in [5, 5.41) is 9.60. The molecule has 28 heavy (non-hydrogen) atoms. The number of phenols is 1. The molecule has 1 fully saturated rings. The van der Waals surface area contributed by atoms with Crippen LogP contribution in [-0.4, -0.2) is 57.0 Å². The van der Waals surface area contributed by atoms with Gasteiger partial charge in [0.15, 0.2) is 17.3 Å². The second kappa shape index (κ2) is 8.55. The third-order valence-corrected chi connectivity index (χ3v) is 6.29. The number of hydrogen-bond donors (Lipinski definition) is 1. The lowest BCUT2D eigenvalue weighted by molar-refractivity contribution is 0.0730. The first-order valence-electron chi connectivity index (χ1n) is 8.69. The molecule has 0 spiro atoms. The Morgan fingerprint density at radius 1 is 1.14 bits per heavy atom. The van der Waals surface area contributed by atoms with Gasteiger partial charge in [-0.3, -0.25) is 4.79 Å². The highest BCUT2D eigenvalue weighted by molar-refractivity contribution is 7.89. The highest BCUT2D eigenvalue weighted by Crippen LogP contribution is 2.26. The first-order valence-corrected chi connectivity index (χ1v) is 10.1. The summed E-state index contributed by atoms with van der Waals surface area (Å²) in [5.74, 6) is 0.0673. The molecule has 2 aromatic carbocycles. The number of methoxy groups -OCH3 is 1. The fourth-order valence-electron chi connectivity index (χ4n) is 2.79. The minimum absolute atomic E-state index is 0.0167. The monoisotopic (exact) mass is 403 g/mol. The van der Waals surface area contributed by atoms with Crippen LogP contribution in [0.5, 0.6) is 11.5 Å². The van der Waals surface area contributed by atoms with Crippen molar-refractivity contribution >= 4 is 21.9 Å². The predicted molar refractivity (Wildman–Crippen MR) is 104 cm³/mol. The fraction of sp³-hybridized carbons (Fsp3) is 0.250. The van der Waals surface area contributed by atoms with Gasteiger partial charge in [0.05, 0.1) is 25.2 Å². The number of morpholine rings is 1. The summed E-state index contributed by atoms with van der Waals surface area (Å²) in [6.45, 7) is 1.40. The first kappa shape index (κ1) is 20.1. The van der Waals surface area contributed by atoms with E-state index in [0.717, 1.165) is 0 Å². The molecule has 0 radical (unpaired) electrons. The van der Waals surface area contributed by atoms with Gasteiger partial charge < -0.3 is 14.6 Å². The minimum Gasteiger partial charge on any atom is -0.504 e. The predicted octanol–water partition coefficient (Wildman–Crippen LogP) is 2.32. The van der Waals surface area contributed by atoms with Gasteiger partial charge in [0.1, 0.15) is 0 Å². The largest absolute Gasteiger partial charge is 0.504 e. The lowest BCUT2D eigenvalue weighted by atomic mass is 10.1. The van der Waals surface area contributed by atoms with Crippen LogP contribution in [0.25, 0.3) is 6.08 Å². The number of phenolic OH excluding ortho intramolecular Hbond substituents is 1. The van der Waals surface area contributed by atoms with E-state index in [1.165, 1.54) is 47.8 Å². The van der Waals surface area contributed by atoms with Gasteiger partial charge in [-0.25, -0.2) is 8.42 Å². The van der Waals surface area contributed by atoms with Crippen LogP contribution in [0.3, 0.4) is 0 Å². The number of nitrogens with zero attached hydrogens (tertiary/aromatic N) is 1. The summed E-state index contributed by atoms with van der Waals surface area (Å²) in [4.78, 5) is 12.5. The first-order chi connectivity index (χ1) is 13.4. The van der Waals surface area contributed by atoms with Crippen molar-refractivity contribution in [2.24, 2.45) is 0 Å². The Kier molecular flexibility index (Phi) is 6.13. The van der Waals surface area contributed by atoms with Crippen molar-refractivity contribution in [3.05, 3.63) is 59.7 Å². The molecule has 1 N–H and O–H groups in total. The Hall–Kier alpha value is -2.68. The Morgan fingerprint density at radius 2 is 1.82 bits per heavy atom. The smallest absolute Gasteiger partial charge is 0.243 e. The van der Waals surface area contributed by atoms with Crippen LogP contribution in [0.15, 0.2) is 53.4 Å². The molecule has 0 atom stereocenters. The maximum atomic E-state index is 12.6. The van der Waals surface area contributed by atoms with E-state index >= 15 is 0 Å². The summed E-state index contributed by atoms with van der Waals surface area (Å²) in [6, 6.07) is 10.6. The quantitative estimate of drug-likeness (QED) is 0.588. The Balaban J connectivity index is 1.73. The number of carbonyl (C=O) groups is 1. The molecule has 0 bridgehead atoms. The zero-order valence-electron chi connectivity index (χ0n) is 15.4. The number of allylic oxidation sites excluding steroid dienone is 1. The van der Waals surface area contributed by atoms with Crippen LogP contribution < -0.4 is 4.74 Å². The molecule has 2 aromatic rings. The third kappa shape index (κ3) is 4.41. The van der Waals surface area contributed by atoms with Gasteiger partial charge in [0, 0.05) is 18.7 Å². The van der Waals surface area contributed by atoms with Gasteiger partial charge in [-0.05, 0) is 48.0 Å². The molecule has 148 valence electrons. The van der Waals surface area contributed by atoms with E-state index in [-0.39, 0.29) is 16.4 Å². The van der Waals surface area contributed by atoms with E-state index in [9.17, 15) is 18.3 Å². The van der Waals surface area contributed by atoms with Crippen LogP contribution in [0.4, 0.5) is 0 Å². The number of rotatable bonds is 6. The second-order valence-corrected chi connectivity index (χ2v) is 8.11. The van der Waals surface area contributed by atoms with Gasteiger partial charge >= 0.3 is 0 Å². The summed E-state index contributed by atoms with van der Waals surface area (Å²) < 4.78 is 36.8. The molecular formula is C20H21NO6S. The van der Waals surface area contributed by atoms with Crippen molar-refractivity contribution in [2.45, 2.75) is 4.90 Å². The molecule has 0 aromatic heterocycles. The van der Waals surface area contributed by atoms with Crippen LogP contribution >= 0.6 is 0 Å². The van der Waals surface area contributed by atoms with Gasteiger partial charge in [-0.2, -0.15) is 4.31 Å². The zero-order chi connectivity index (χ0) is 20.1. The second-order valence-electron chi connectivity index (χ2n) is 6.17. The normalized spacial score (nSPS) is 15.6. The van der Waals surface area contributed by atoms with E-state index in [4.69, 9.17) is 9.47 Å². The standard InChI is InChI=1S/C20H21NO6S/c1-26-20-14-15(3-9-19(20)23)2-8-18(22)16-4-6-17(7-5-16)28(24,25)21-10-12-27-13-11-21/h2-9,14,23H,10-13H2,1H3. The number of ketones is 1. The highest BCUT2D eigenvalue weighted by atomic mass is 32.2. The lowest BCUT2D eigenvalue weighted by Gasteiger charge is -2.26. The van der Waals surface area contributed by atoms with E-state index in [0.29, 0.717) is 43.2 Å². The molecule has 1 saturated heterocycles. The van der Waals surface area contributed by atoms with Crippen molar-refractivity contribution in [1.29, 1.82) is 0 Å². The number of benzene rings is 2. The minimum atomic E-state index is -3.59. The fourth-order valence-corrected chi connectivity index (χ4v) is 4.20. The Bertz CT molecular complexity index is 976. The van der Waals surface area contributed by atoms with Crippen LogP contribution in [0, 0.1) is 0 Å². The summed E-state index contributed by atoms with van der Waals surface area (Å²) in [5.41, 5.74) is 1.07. The van der Waals surface area contributed by atoms with Crippen LogP contribution in [-0.2, 0) is 14.8 Å². The topological polar surface area (TPSA) is 93.1 Å². The van der Waals surface area contributed by atoms with E-state index in [1.807, 2.05) is 0 Å². The Labute approximate surface area is 163 Å². The van der Waals surface area contributed by atoms with E-state index in [2.05, 4.69) is 0 Å². The molecule has 1 heterocycles. The third-order valence-electron chi connectivity index (χ3n) is 4.38. The molecule has 7 nitrogen and oxygen atoms in total. The van der Waals surface area contributed by atoms with Crippen molar-refractivity contribution < 1.29 is 27.8 Å². The van der Waals surface area contributed by atoms with Crippen molar-refractivity contribution in [1.82, 2.24) is 4.31 Å². The number of hydrogen-bond acceptors (Lipinski definition) is 6. The van der Waals surface area contributed by atoms with E-state index < -0.39 is 10.0 Å². The van der Waals surface area contributed by atoms with Gasteiger partial charge in [0.2, 0.25) is 10.0 Å². The van der Waals surface area contributed by atoms with Crippen molar-refractivity contribution in [2.75, 3.05) is 33.4 Å². The molecule has 0 aliphatic carbocycles. The molecule has 1 aliphatic rings. The Morgan fingerprint density at radius 3 is 2.46 bits per heavy atom. The van der Waals surface area contributed by atoms with Crippen LogP contribution in [0.1, 0.15) is 15.9 Å². The number of aromatic hydroxyl groups is 1. The average Bonchev–Trinajstić information content (AvgIpc) is 2.73. The highest BCUT2D eigenvalue weighted by Gasteiger charge is 2.26. The maximum absolute atomic E-state index is 12.6. The molecule has 3 rings (SSSR count). The zero-order valence-corrected chi connectivity index (χ0v) is 16.2. The summed E-state index contributed by atoms with van der Waals surface area (Å²) in [7, 11) is -2.14. The van der Waals surface area contributed by atoms with Gasteiger partial charge in [0.25, 0.3) is 0 Å². The van der Waals surface area contributed by atoms with E-state index in [1.54, 1.807) is 18.2 Å². The molecule has 0 amide bonds.